The Morgan fingerprint density at radius 2 is 1.95 bits per heavy atom. The lowest BCUT2D eigenvalue weighted by Gasteiger charge is -2.26. The SMILES string of the molecule is Cc1ccc(C(=O)[O-])cc1S(=O)(=O)N1CCOCC1. The minimum Gasteiger partial charge on any atom is -0.545 e. The van der Waals surface area contributed by atoms with Crippen LogP contribution in [0.25, 0.3) is 0 Å². The highest BCUT2D eigenvalue weighted by Crippen LogP contribution is 2.22. The van der Waals surface area contributed by atoms with Crippen molar-refractivity contribution in [3.8, 4) is 0 Å². The van der Waals surface area contributed by atoms with Gasteiger partial charge in [0.1, 0.15) is 0 Å². The third-order valence-electron chi connectivity index (χ3n) is 3.01. The Morgan fingerprint density at radius 3 is 2.53 bits per heavy atom. The molecule has 1 aliphatic heterocycles. The molecule has 0 spiro atoms. The molecule has 1 fully saturated rings. The van der Waals surface area contributed by atoms with Crippen molar-refractivity contribution in [2.24, 2.45) is 0 Å². The number of rotatable bonds is 3. The molecule has 104 valence electrons. The highest BCUT2D eigenvalue weighted by atomic mass is 32.2. The smallest absolute Gasteiger partial charge is 0.243 e. The third-order valence-corrected chi connectivity index (χ3v) is 5.05. The molecule has 0 bridgehead atoms. The fourth-order valence-corrected chi connectivity index (χ4v) is 3.59. The van der Waals surface area contributed by atoms with E-state index in [1.165, 1.54) is 16.4 Å². The van der Waals surface area contributed by atoms with Crippen LogP contribution in [0.15, 0.2) is 23.1 Å². The lowest BCUT2D eigenvalue weighted by atomic mass is 10.1. The van der Waals surface area contributed by atoms with Crippen LogP contribution in [-0.4, -0.2) is 45.0 Å². The summed E-state index contributed by atoms with van der Waals surface area (Å²) in [6, 6.07) is 3.96. The quantitative estimate of drug-likeness (QED) is 0.738. The summed E-state index contributed by atoms with van der Waals surface area (Å²) in [4.78, 5) is 10.8. The van der Waals surface area contributed by atoms with Crippen LogP contribution >= 0.6 is 0 Å². The third kappa shape index (κ3) is 2.78. The van der Waals surface area contributed by atoms with Crippen molar-refractivity contribution in [3.05, 3.63) is 29.3 Å². The Balaban J connectivity index is 2.44. The summed E-state index contributed by atoms with van der Waals surface area (Å²) < 4.78 is 31.3. The van der Waals surface area contributed by atoms with Gasteiger partial charge in [0, 0.05) is 13.1 Å². The molecule has 7 heteroatoms. The number of aromatic carboxylic acids is 1. The molecule has 1 aromatic carbocycles. The van der Waals surface area contributed by atoms with Gasteiger partial charge in [0.15, 0.2) is 0 Å². The Morgan fingerprint density at radius 1 is 1.32 bits per heavy atom. The molecule has 0 atom stereocenters. The molecule has 6 nitrogen and oxygen atoms in total. The number of carboxylic acids is 1. The molecule has 1 saturated heterocycles. The van der Waals surface area contributed by atoms with E-state index in [9.17, 15) is 18.3 Å². The highest BCUT2D eigenvalue weighted by Gasteiger charge is 2.27. The first-order valence-corrected chi connectivity index (χ1v) is 7.27. The van der Waals surface area contributed by atoms with Crippen molar-refractivity contribution >= 4 is 16.0 Å². The van der Waals surface area contributed by atoms with Crippen molar-refractivity contribution < 1.29 is 23.1 Å². The second-order valence-corrected chi connectivity index (χ2v) is 6.19. The largest absolute Gasteiger partial charge is 0.545 e. The van der Waals surface area contributed by atoms with Crippen LogP contribution < -0.4 is 5.11 Å². The van der Waals surface area contributed by atoms with Gasteiger partial charge in [-0.3, -0.25) is 0 Å². The van der Waals surface area contributed by atoms with Crippen molar-refractivity contribution in [2.45, 2.75) is 11.8 Å². The molecule has 1 aliphatic rings. The number of aryl methyl sites for hydroxylation is 1. The maximum atomic E-state index is 12.4. The van der Waals surface area contributed by atoms with Gasteiger partial charge in [0.25, 0.3) is 0 Å². The van der Waals surface area contributed by atoms with Gasteiger partial charge in [-0.2, -0.15) is 4.31 Å². The summed E-state index contributed by atoms with van der Waals surface area (Å²) in [6.45, 7) is 2.87. The number of morpholine rings is 1. The topological polar surface area (TPSA) is 86.7 Å². The summed E-state index contributed by atoms with van der Waals surface area (Å²) in [5.41, 5.74) is 0.369. The second-order valence-electron chi connectivity index (χ2n) is 4.28. The first-order valence-electron chi connectivity index (χ1n) is 5.83. The lowest BCUT2D eigenvalue weighted by molar-refractivity contribution is -0.255. The lowest BCUT2D eigenvalue weighted by Crippen LogP contribution is -2.41. The molecule has 1 aromatic rings. The minimum atomic E-state index is -3.69. The van der Waals surface area contributed by atoms with E-state index in [1.54, 1.807) is 6.92 Å². The van der Waals surface area contributed by atoms with Gasteiger partial charge >= 0.3 is 0 Å². The van der Waals surface area contributed by atoms with Crippen LogP contribution in [0.3, 0.4) is 0 Å². The number of carboxylic acid groups (broad SMARTS) is 1. The Hall–Kier alpha value is -1.44. The van der Waals surface area contributed by atoms with Gasteiger partial charge in [-0.1, -0.05) is 12.1 Å². The normalized spacial score (nSPS) is 17.3. The van der Waals surface area contributed by atoms with E-state index in [0.717, 1.165) is 6.07 Å². The number of sulfonamides is 1. The Bertz CT molecular complexity index is 590. The predicted octanol–water partition coefficient (Wildman–Crippen LogP) is -0.621. The summed E-state index contributed by atoms with van der Waals surface area (Å²) in [7, 11) is -3.69. The van der Waals surface area contributed by atoms with E-state index in [1.807, 2.05) is 0 Å². The van der Waals surface area contributed by atoms with Crippen LogP contribution in [0, 0.1) is 6.92 Å². The van der Waals surface area contributed by atoms with Crippen molar-refractivity contribution in [2.75, 3.05) is 26.3 Å². The van der Waals surface area contributed by atoms with Crippen molar-refractivity contribution in [1.29, 1.82) is 0 Å². The first-order chi connectivity index (χ1) is 8.93. The van der Waals surface area contributed by atoms with Gasteiger partial charge in [0.2, 0.25) is 10.0 Å². The maximum Gasteiger partial charge on any atom is 0.243 e. The highest BCUT2D eigenvalue weighted by molar-refractivity contribution is 7.89. The zero-order valence-electron chi connectivity index (χ0n) is 10.5. The molecule has 0 unspecified atom stereocenters. The van der Waals surface area contributed by atoms with Gasteiger partial charge in [0.05, 0.1) is 24.1 Å². The minimum absolute atomic E-state index is 0.0103. The summed E-state index contributed by atoms with van der Waals surface area (Å²) in [5, 5.41) is 10.8. The number of benzene rings is 1. The molecule has 0 aliphatic carbocycles. The van der Waals surface area contributed by atoms with Gasteiger partial charge in [-0.25, -0.2) is 8.42 Å². The van der Waals surface area contributed by atoms with Crippen LogP contribution in [0.5, 0.6) is 0 Å². The maximum absolute atomic E-state index is 12.4. The van der Waals surface area contributed by atoms with Crippen molar-refractivity contribution in [3.63, 3.8) is 0 Å². The summed E-state index contributed by atoms with van der Waals surface area (Å²) in [6.07, 6.45) is 0. The van der Waals surface area contributed by atoms with Gasteiger partial charge in [-0.15, -0.1) is 0 Å². The van der Waals surface area contributed by atoms with Crippen LogP contribution in [0.4, 0.5) is 0 Å². The van der Waals surface area contributed by atoms with E-state index >= 15 is 0 Å². The van der Waals surface area contributed by atoms with E-state index in [2.05, 4.69) is 0 Å². The standard InChI is InChI=1S/C12H15NO5S/c1-9-2-3-10(12(14)15)8-11(9)19(16,17)13-4-6-18-7-5-13/h2-3,8H,4-7H2,1H3,(H,14,15)/p-1. The average molecular weight is 284 g/mol. The second kappa shape index (κ2) is 5.28. The molecule has 0 aromatic heterocycles. The Labute approximate surface area is 111 Å². The number of ether oxygens (including phenoxy) is 1. The number of carbonyl (C=O) groups is 1. The first kappa shape index (κ1) is 14.0. The van der Waals surface area contributed by atoms with E-state index in [4.69, 9.17) is 4.74 Å². The van der Waals surface area contributed by atoms with Gasteiger partial charge in [-0.05, 0) is 24.1 Å². The molecule has 0 N–H and O–H groups in total. The van der Waals surface area contributed by atoms with Crippen LogP contribution in [-0.2, 0) is 14.8 Å². The van der Waals surface area contributed by atoms with Gasteiger partial charge < -0.3 is 14.6 Å². The fourth-order valence-electron chi connectivity index (χ4n) is 1.93. The predicted molar refractivity (Wildman–Crippen MR) is 65.1 cm³/mol. The van der Waals surface area contributed by atoms with Crippen molar-refractivity contribution in [1.82, 2.24) is 4.31 Å². The zero-order chi connectivity index (χ0) is 14.0. The van der Waals surface area contributed by atoms with E-state index in [-0.39, 0.29) is 23.5 Å². The average Bonchev–Trinajstić information content (AvgIpc) is 2.39. The molecular formula is C12H14NO5S-. The Kier molecular flexibility index (Phi) is 3.88. The summed E-state index contributed by atoms with van der Waals surface area (Å²) >= 11 is 0. The number of nitrogens with zero attached hydrogens (tertiary/aromatic N) is 1. The van der Waals surface area contributed by atoms with E-state index < -0.39 is 16.0 Å². The van der Waals surface area contributed by atoms with E-state index in [0.29, 0.717) is 18.8 Å². The molecule has 0 amide bonds. The molecule has 19 heavy (non-hydrogen) atoms. The fraction of sp³-hybridized carbons (Fsp3) is 0.417. The molecular weight excluding hydrogens is 270 g/mol. The number of hydrogen-bond acceptors (Lipinski definition) is 5. The molecule has 2 rings (SSSR count). The number of hydrogen-bond donors (Lipinski definition) is 0. The number of carbonyl (C=O) groups excluding carboxylic acids is 1. The monoisotopic (exact) mass is 284 g/mol. The molecule has 0 radical (unpaired) electrons. The van der Waals surface area contributed by atoms with Crippen LogP contribution in [0.1, 0.15) is 15.9 Å². The molecule has 0 saturated carbocycles. The van der Waals surface area contributed by atoms with Crippen LogP contribution in [0.2, 0.25) is 0 Å². The summed E-state index contributed by atoms with van der Waals surface area (Å²) in [5.74, 6) is -1.39. The molecule has 1 heterocycles. The zero-order valence-corrected chi connectivity index (χ0v) is 11.3.